The first kappa shape index (κ1) is 15.0. The molecule has 0 spiro atoms. The summed E-state index contributed by atoms with van der Waals surface area (Å²) in [6, 6.07) is 5.77. The van der Waals surface area contributed by atoms with E-state index < -0.39 is 0 Å². The first-order chi connectivity index (χ1) is 8.95. The summed E-state index contributed by atoms with van der Waals surface area (Å²) in [5, 5.41) is 6.36. The first-order valence-corrected chi connectivity index (χ1v) is 8.01. The standard InChI is InChI=1S/C14H18Br2N2O/c1-9(2)14(5-6-17-8-14)13(19)18-12-4-3-10(15)7-11(12)16/h3-4,7,9,17H,5-6,8H2,1-2H3,(H,18,19). The van der Waals surface area contributed by atoms with Gasteiger partial charge >= 0.3 is 0 Å². The molecule has 2 rings (SSSR count). The number of carbonyl (C=O) groups is 1. The molecule has 0 aliphatic carbocycles. The summed E-state index contributed by atoms with van der Waals surface area (Å²) in [6.07, 6.45) is 0.893. The van der Waals surface area contributed by atoms with Gasteiger partial charge in [0.25, 0.3) is 0 Å². The van der Waals surface area contributed by atoms with Crippen molar-refractivity contribution in [2.75, 3.05) is 18.4 Å². The Kier molecular flexibility index (Phi) is 4.69. The molecule has 19 heavy (non-hydrogen) atoms. The van der Waals surface area contributed by atoms with Crippen LogP contribution in [0.2, 0.25) is 0 Å². The highest BCUT2D eigenvalue weighted by molar-refractivity contribution is 9.11. The van der Waals surface area contributed by atoms with Crippen molar-refractivity contribution in [3.63, 3.8) is 0 Å². The van der Waals surface area contributed by atoms with Crippen LogP contribution in [0.5, 0.6) is 0 Å². The van der Waals surface area contributed by atoms with E-state index in [4.69, 9.17) is 0 Å². The van der Waals surface area contributed by atoms with Crippen LogP contribution in [0.15, 0.2) is 27.1 Å². The summed E-state index contributed by atoms with van der Waals surface area (Å²) in [7, 11) is 0. The van der Waals surface area contributed by atoms with E-state index in [1.807, 2.05) is 18.2 Å². The monoisotopic (exact) mass is 388 g/mol. The van der Waals surface area contributed by atoms with Crippen molar-refractivity contribution in [2.45, 2.75) is 20.3 Å². The normalized spacial score (nSPS) is 22.8. The summed E-state index contributed by atoms with van der Waals surface area (Å²) in [4.78, 5) is 12.6. The highest BCUT2D eigenvalue weighted by atomic mass is 79.9. The van der Waals surface area contributed by atoms with Gasteiger partial charge in [-0.2, -0.15) is 0 Å². The number of hydrogen-bond acceptors (Lipinski definition) is 2. The largest absolute Gasteiger partial charge is 0.325 e. The maximum Gasteiger partial charge on any atom is 0.232 e. The van der Waals surface area contributed by atoms with Crippen LogP contribution in [-0.2, 0) is 4.79 Å². The van der Waals surface area contributed by atoms with E-state index in [1.165, 1.54) is 0 Å². The van der Waals surface area contributed by atoms with E-state index in [9.17, 15) is 4.79 Å². The van der Waals surface area contributed by atoms with Gasteiger partial charge < -0.3 is 10.6 Å². The number of rotatable bonds is 3. The molecule has 1 heterocycles. The van der Waals surface area contributed by atoms with Gasteiger partial charge in [-0.1, -0.05) is 29.8 Å². The second-order valence-corrected chi connectivity index (χ2v) is 7.09. The quantitative estimate of drug-likeness (QED) is 0.825. The molecular weight excluding hydrogens is 372 g/mol. The lowest BCUT2D eigenvalue weighted by Gasteiger charge is -2.31. The fourth-order valence-electron chi connectivity index (χ4n) is 2.50. The molecule has 1 amide bonds. The Morgan fingerprint density at radius 2 is 2.16 bits per heavy atom. The Bertz CT molecular complexity index is 482. The lowest BCUT2D eigenvalue weighted by molar-refractivity contribution is -0.126. The molecule has 1 saturated heterocycles. The molecule has 1 aliphatic heterocycles. The smallest absolute Gasteiger partial charge is 0.232 e. The highest BCUT2D eigenvalue weighted by Crippen LogP contribution is 2.36. The Labute approximate surface area is 130 Å². The van der Waals surface area contributed by atoms with E-state index in [2.05, 4.69) is 56.3 Å². The molecule has 0 aromatic heterocycles. The Morgan fingerprint density at radius 3 is 2.68 bits per heavy atom. The molecule has 1 aromatic carbocycles. The van der Waals surface area contributed by atoms with E-state index in [1.54, 1.807) is 0 Å². The molecule has 0 radical (unpaired) electrons. The Morgan fingerprint density at radius 1 is 1.42 bits per heavy atom. The zero-order valence-electron chi connectivity index (χ0n) is 11.1. The lowest BCUT2D eigenvalue weighted by atomic mass is 9.75. The molecule has 1 fully saturated rings. The van der Waals surface area contributed by atoms with Crippen molar-refractivity contribution in [3.05, 3.63) is 27.1 Å². The van der Waals surface area contributed by atoms with Crippen molar-refractivity contribution in [1.82, 2.24) is 5.32 Å². The summed E-state index contributed by atoms with van der Waals surface area (Å²) >= 11 is 6.89. The molecule has 2 N–H and O–H groups in total. The molecule has 3 nitrogen and oxygen atoms in total. The van der Waals surface area contributed by atoms with Crippen molar-refractivity contribution >= 4 is 43.5 Å². The molecule has 104 valence electrons. The number of nitrogens with one attached hydrogen (secondary N) is 2. The van der Waals surface area contributed by atoms with Crippen LogP contribution in [-0.4, -0.2) is 19.0 Å². The van der Waals surface area contributed by atoms with Gasteiger partial charge in [0.2, 0.25) is 5.91 Å². The van der Waals surface area contributed by atoms with Gasteiger partial charge in [-0.05, 0) is 53.0 Å². The molecule has 1 aliphatic rings. The van der Waals surface area contributed by atoms with Crippen LogP contribution < -0.4 is 10.6 Å². The molecule has 0 bridgehead atoms. The maximum absolute atomic E-state index is 12.6. The fourth-order valence-corrected chi connectivity index (χ4v) is 3.64. The zero-order valence-corrected chi connectivity index (χ0v) is 14.3. The van der Waals surface area contributed by atoms with Crippen molar-refractivity contribution in [3.8, 4) is 0 Å². The van der Waals surface area contributed by atoms with Crippen molar-refractivity contribution < 1.29 is 4.79 Å². The van der Waals surface area contributed by atoms with Crippen molar-refractivity contribution in [1.29, 1.82) is 0 Å². The van der Waals surface area contributed by atoms with Crippen LogP contribution in [0.3, 0.4) is 0 Å². The topological polar surface area (TPSA) is 41.1 Å². The summed E-state index contributed by atoms with van der Waals surface area (Å²) in [5.74, 6) is 0.423. The average molecular weight is 390 g/mol. The van der Waals surface area contributed by atoms with Gasteiger partial charge in [-0.15, -0.1) is 0 Å². The van der Waals surface area contributed by atoms with Crippen LogP contribution in [0.25, 0.3) is 0 Å². The maximum atomic E-state index is 12.6. The van der Waals surface area contributed by atoms with E-state index in [0.29, 0.717) is 5.92 Å². The number of anilines is 1. The number of amides is 1. The molecular formula is C14H18Br2N2O. The Balaban J connectivity index is 2.20. The highest BCUT2D eigenvalue weighted by Gasteiger charge is 2.43. The van der Waals surface area contributed by atoms with Crippen LogP contribution in [0.1, 0.15) is 20.3 Å². The second-order valence-electron chi connectivity index (χ2n) is 5.32. The number of hydrogen-bond donors (Lipinski definition) is 2. The third-order valence-corrected chi connectivity index (χ3v) is 5.07. The third-order valence-electron chi connectivity index (χ3n) is 3.93. The van der Waals surface area contributed by atoms with Gasteiger partial charge in [0.05, 0.1) is 11.1 Å². The third kappa shape index (κ3) is 3.03. The minimum Gasteiger partial charge on any atom is -0.325 e. The number of benzene rings is 1. The predicted octanol–water partition coefficient (Wildman–Crippen LogP) is 3.79. The predicted molar refractivity (Wildman–Crippen MR) is 85.2 cm³/mol. The van der Waals surface area contributed by atoms with Crippen LogP contribution in [0, 0.1) is 11.3 Å². The number of carbonyl (C=O) groups excluding carboxylic acids is 1. The van der Waals surface area contributed by atoms with Gasteiger partial charge in [-0.3, -0.25) is 4.79 Å². The Hall–Kier alpha value is -0.390. The fraction of sp³-hybridized carbons (Fsp3) is 0.500. The minimum absolute atomic E-state index is 0.107. The van der Waals surface area contributed by atoms with Gasteiger partial charge in [0.1, 0.15) is 0 Å². The summed E-state index contributed by atoms with van der Waals surface area (Å²) < 4.78 is 1.87. The van der Waals surface area contributed by atoms with E-state index >= 15 is 0 Å². The second kappa shape index (κ2) is 5.94. The summed E-state index contributed by atoms with van der Waals surface area (Å²) in [6.45, 7) is 5.89. The molecule has 1 atom stereocenters. The van der Waals surface area contributed by atoms with Gasteiger partial charge in [0, 0.05) is 15.5 Å². The average Bonchev–Trinajstić information content (AvgIpc) is 2.83. The van der Waals surface area contributed by atoms with Crippen LogP contribution >= 0.6 is 31.9 Å². The molecule has 1 unspecified atom stereocenters. The summed E-state index contributed by atoms with van der Waals surface area (Å²) in [5.41, 5.74) is 0.520. The van der Waals surface area contributed by atoms with Crippen molar-refractivity contribution in [2.24, 2.45) is 11.3 Å². The molecule has 0 saturated carbocycles. The van der Waals surface area contributed by atoms with Gasteiger partial charge in [0.15, 0.2) is 0 Å². The minimum atomic E-state index is -0.299. The van der Waals surface area contributed by atoms with Crippen LogP contribution in [0.4, 0.5) is 5.69 Å². The SMILES string of the molecule is CC(C)C1(C(=O)Nc2ccc(Br)cc2Br)CCNC1. The lowest BCUT2D eigenvalue weighted by Crippen LogP contribution is -2.42. The van der Waals surface area contributed by atoms with E-state index in [-0.39, 0.29) is 11.3 Å². The van der Waals surface area contributed by atoms with Gasteiger partial charge in [-0.25, -0.2) is 0 Å². The molecule has 5 heteroatoms. The molecule has 1 aromatic rings. The number of halogens is 2. The first-order valence-electron chi connectivity index (χ1n) is 6.43. The zero-order chi connectivity index (χ0) is 14.0. The van der Waals surface area contributed by atoms with E-state index in [0.717, 1.165) is 34.1 Å².